The van der Waals surface area contributed by atoms with E-state index in [1.807, 2.05) is 0 Å². The van der Waals surface area contributed by atoms with Crippen LogP contribution in [0, 0.1) is 0 Å². The number of hydrogen-bond donors (Lipinski definition) is 4. The number of phenols is 4. The molecule has 0 fully saturated rings. The summed E-state index contributed by atoms with van der Waals surface area (Å²) in [7, 11) is 0. The van der Waals surface area contributed by atoms with E-state index in [2.05, 4.69) is 0 Å². The van der Waals surface area contributed by atoms with Crippen molar-refractivity contribution in [2.24, 2.45) is 0 Å². The molecule has 0 aliphatic carbocycles. The van der Waals surface area contributed by atoms with Gasteiger partial charge in [-0.15, -0.1) is 0 Å². The summed E-state index contributed by atoms with van der Waals surface area (Å²) < 4.78 is 10.5. The summed E-state index contributed by atoms with van der Waals surface area (Å²) in [5.41, 5.74) is -1.94. The maximum atomic E-state index is 12.8. The molecule has 0 bridgehead atoms. The van der Waals surface area contributed by atoms with Crippen LogP contribution in [0.15, 0.2) is 55.2 Å². The van der Waals surface area contributed by atoms with Gasteiger partial charge in [0.15, 0.2) is 11.0 Å². The number of aromatic hydroxyl groups is 4. The quantitative estimate of drug-likeness (QED) is 0.408. The minimum Gasteiger partial charge on any atom is -0.508 e. The molecular weight excluding hydrogens is 344 g/mol. The summed E-state index contributed by atoms with van der Waals surface area (Å²) in [5.74, 6) is -1.84. The third-order valence-corrected chi connectivity index (χ3v) is 4.00. The Kier molecular flexibility index (Phi) is 3.16. The molecule has 0 aliphatic rings. The van der Waals surface area contributed by atoms with E-state index in [0.29, 0.717) is 0 Å². The van der Waals surface area contributed by atoms with Gasteiger partial charge in [-0.2, -0.15) is 0 Å². The Hall–Kier alpha value is -3.94. The highest BCUT2D eigenvalue weighted by molar-refractivity contribution is 6.00. The molecule has 2 aromatic heterocycles. The second-order valence-electron chi connectivity index (χ2n) is 5.60. The highest BCUT2D eigenvalue weighted by Gasteiger charge is 2.22. The van der Waals surface area contributed by atoms with E-state index in [1.54, 1.807) is 0 Å². The molecule has 26 heavy (non-hydrogen) atoms. The van der Waals surface area contributed by atoms with E-state index in [0.717, 1.165) is 36.8 Å². The van der Waals surface area contributed by atoms with Crippen molar-refractivity contribution in [3.05, 3.63) is 57.2 Å². The Morgan fingerprint density at radius 2 is 1.54 bits per heavy atom. The van der Waals surface area contributed by atoms with Crippen molar-refractivity contribution in [3.8, 4) is 34.1 Å². The molecule has 0 amide bonds. The van der Waals surface area contributed by atoms with Crippen molar-refractivity contribution in [1.29, 1.82) is 0 Å². The zero-order valence-corrected chi connectivity index (χ0v) is 12.9. The van der Waals surface area contributed by atoms with Crippen molar-refractivity contribution >= 4 is 21.9 Å². The van der Waals surface area contributed by atoms with Crippen molar-refractivity contribution < 1.29 is 29.3 Å². The number of phenolic OH excluding ortho intramolecular Hbond substituents is 4. The first-order valence-corrected chi connectivity index (χ1v) is 7.33. The van der Waals surface area contributed by atoms with Gasteiger partial charge in [-0.25, -0.2) is 0 Å². The summed E-state index contributed by atoms with van der Waals surface area (Å²) in [6, 6.07) is 4.11. The Labute approximate surface area is 143 Å². The lowest BCUT2D eigenvalue weighted by atomic mass is 10.0. The van der Waals surface area contributed by atoms with Crippen LogP contribution < -0.4 is 10.9 Å². The lowest BCUT2D eigenvalue weighted by molar-refractivity contribution is 0.450. The van der Waals surface area contributed by atoms with Gasteiger partial charge in [0.25, 0.3) is 0 Å². The molecular formula is C18H10O8. The number of hydrogen-bond acceptors (Lipinski definition) is 8. The van der Waals surface area contributed by atoms with Crippen LogP contribution >= 0.6 is 0 Å². The van der Waals surface area contributed by atoms with E-state index in [1.165, 1.54) is 0 Å². The van der Waals surface area contributed by atoms with Crippen molar-refractivity contribution in [2.45, 2.75) is 0 Å². The molecule has 0 saturated carbocycles. The highest BCUT2D eigenvalue weighted by atomic mass is 16.3. The van der Waals surface area contributed by atoms with Gasteiger partial charge in [0.05, 0.1) is 17.4 Å². The molecule has 8 nitrogen and oxygen atoms in total. The van der Waals surface area contributed by atoms with Gasteiger partial charge in [0, 0.05) is 24.3 Å². The SMILES string of the molecule is O=c1c(-c2c(O)cc(O)c3c(=O)ccoc23)coc2cc(O)cc(O)c12. The maximum Gasteiger partial charge on any atom is 0.204 e. The minimum atomic E-state index is -0.724. The molecule has 0 spiro atoms. The first kappa shape index (κ1) is 15.6. The van der Waals surface area contributed by atoms with Gasteiger partial charge >= 0.3 is 0 Å². The molecule has 8 heteroatoms. The number of benzene rings is 2. The van der Waals surface area contributed by atoms with Gasteiger partial charge in [0.1, 0.15) is 45.6 Å². The predicted octanol–water partition coefficient (Wildman–Crippen LogP) is 2.39. The molecule has 0 saturated heterocycles. The van der Waals surface area contributed by atoms with Gasteiger partial charge < -0.3 is 29.3 Å². The van der Waals surface area contributed by atoms with Crippen molar-refractivity contribution in [2.75, 3.05) is 0 Å². The van der Waals surface area contributed by atoms with E-state index >= 15 is 0 Å². The minimum absolute atomic E-state index is 0.0692. The second-order valence-corrected chi connectivity index (χ2v) is 5.60. The van der Waals surface area contributed by atoms with Crippen molar-refractivity contribution in [1.82, 2.24) is 0 Å². The van der Waals surface area contributed by atoms with Crippen LogP contribution in [0.25, 0.3) is 33.1 Å². The van der Waals surface area contributed by atoms with E-state index in [4.69, 9.17) is 8.83 Å². The zero-order chi connectivity index (χ0) is 18.6. The highest BCUT2D eigenvalue weighted by Crippen LogP contribution is 2.39. The normalized spacial score (nSPS) is 11.2. The summed E-state index contributed by atoms with van der Waals surface area (Å²) in [6.07, 6.45) is 2.06. The van der Waals surface area contributed by atoms with E-state index in [9.17, 15) is 30.0 Å². The maximum absolute atomic E-state index is 12.8. The topological polar surface area (TPSA) is 141 Å². The lowest BCUT2D eigenvalue weighted by Crippen LogP contribution is -2.07. The third-order valence-electron chi connectivity index (χ3n) is 4.00. The Morgan fingerprint density at radius 1 is 0.808 bits per heavy atom. The van der Waals surface area contributed by atoms with Crippen LogP contribution in [-0.4, -0.2) is 20.4 Å². The first-order chi connectivity index (χ1) is 12.4. The van der Waals surface area contributed by atoms with Crippen LogP contribution in [-0.2, 0) is 0 Å². The lowest BCUT2D eigenvalue weighted by Gasteiger charge is -2.09. The van der Waals surface area contributed by atoms with Crippen molar-refractivity contribution in [3.63, 3.8) is 0 Å². The second kappa shape index (κ2) is 5.28. The molecule has 130 valence electrons. The molecule has 0 aliphatic heterocycles. The summed E-state index contributed by atoms with van der Waals surface area (Å²) in [5, 5.41) is 39.2. The third kappa shape index (κ3) is 2.09. The Bertz CT molecular complexity index is 1310. The molecule has 0 unspecified atom stereocenters. The predicted molar refractivity (Wildman–Crippen MR) is 90.6 cm³/mol. The Balaban J connectivity index is 2.19. The van der Waals surface area contributed by atoms with Gasteiger partial charge in [-0.1, -0.05) is 0 Å². The molecule has 2 aromatic carbocycles. The average molecular weight is 354 g/mol. The van der Waals surface area contributed by atoms with Crippen LogP contribution in [0.2, 0.25) is 0 Å². The van der Waals surface area contributed by atoms with Crippen LogP contribution in [0.5, 0.6) is 23.0 Å². The molecule has 2 heterocycles. The van der Waals surface area contributed by atoms with E-state index in [-0.39, 0.29) is 38.8 Å². The number of rotatable bonds is 1. The first-order valence-electron chi connectivity index (χ1n) is 7.33. The summed E-state index contributed by atoms with van der Waals surface area (Å²) in [6.45, 7) is 0. The molecule has 4 rings (SSSR count). The van der Waals surface area contributed by atoms with Gasteiger partial charge in [-0.3, -0.25) is 9.59 Å². The average Bonchev–Trinajstić information content (AvgIpc) is 2.55. The van der Waals surface area contributed by atoms with Crippen LogP contribution in [0.3, 0.4) is 0 Å². The van der Waals surface area contributed by atoms with E-state index < -0.39 is 28.1 Å². The fourth-order valence-corrected chi connectivity index (χ4v) is 2.89. The molecule has 0 radical (unpaired) electrons. The van der Waals surface area contributed by atoms with Gasteiger partial charge in [-0.05, 0) is 0 Å². The standard InChI is InChI=1S/C18H10O8/c19-7-3-10(21)16-13(4-7)26-6-8(17(16)24)14-11(22)5-12(23)15-9(20)1-2-25-18(14)15/h1-6,19,21-23H. The largest absolute Gasteiger partial charge is 0.508 e. The number of fused-ring (bicyclic) bond motifs is 2. The van der Waals surface area contributed by atoms with Crippen LogP contribution in [0.1, 0.15) is 0 Å². The summed E-state index contributed by atoms with van der Waals surface area (Å²) in [4.78, 5) is 24.8. The monoisotopic (exact) mass is 354 g/mol. The van der Waals surface area contributed by atoms with Gasteiger partial charge in [0.2, 0.25) is 5.43 Å². The Morgan fingerprint density at radius 3 is 2.31 bits per heavy atom. The van der Waals surface area contributed by atoms with Crippen LogP contribution in [0.4, 0.5) is 0 Å². The zero-order valence-electron chi connectivity index (χ0n) is 12.9. The smallest absolute Gasteiger partial charge is 0.204 e. The molecule has 0 atom stereocenters. The summed E-state index contributed by atoms with van der Waals surface area (Å²) >= 11 is 0. The fourth-order valence-electron chi connectivity index (χ4n) is 2.89. The molecule has 4 N–H and O–H groups in total. The fraction of sp³-hybridized carbons (Fsp3) is 0. The molecule has 4 aromatic rings.